The summed E-state index contributed by atoms with van der Waals surface area (Å²) in [7, 11) is 0. The van der Waals surface area contributed by atoms with E-state index in [4.69, 9.17) is 4.99 Å². The molecule has 0 spiro atoms. The van der Waals surface area contributed by atoms with Crippen LogP contribution in [0.25, 0.3) is 0 Å². The Hall–Kier alpha value is -1.15. The van der Waals surface area contributed by atoms with E-state index >= 15 is 0 Å². The van der Waals surface area contributed by atoms with Crippen molar-refractivity contribution in [2.45, 2.75) is 52.0 Å². The summed E-state index contributed by atoms with van der Waals surface area (Å²) in [5, 5.41) is 8.01. The summed E-state index contributed by atoms with van der Waals surface area (Å²) in [5.74, 6) is 0.884. The van der Waals surface area contributed by atoms with E-state index in [9.17, 15) is 0 Å². The van der Waals surface area contributed by atoms with Crippen molar-refractivity contribution in [3.05, 3.63) is 51.5 Å². The van der Waals surface area contributed by atoms with E-state index in [2.05, 4.69) is 66.7 Å². The summed E-state index contributed by atoms with van der Waals surface area (Å²) in [6.45, 7) is 8.70. The van der Waals surface area contributed by atoms with Crippen molar-refractivity contribution in [3.8, 4) is 0 Å². The molecular weight excluding hydrogens is 455 g/mol. The van der Waals surface area contributed by atoms with Gasteiger partial charge in [0.05, 0.1) is 12.2 Å². The second-order valence-electron chi connectivity index (χ2n) is 6.80. The lowest BCUT2D eigenvalue weighted by Crippen LogP contribution is -2.48. The van der Waals surface area contributed by atoms with E-state index in [0.717, 1.165) is 29.8 Å². The third-order valence-electron chi connectivity index (χ3n) is 5.08. The number of hydrogen-bond donors (Lipinski definition) is 2. The molecule has 0 aliphatic heterocycles. The van der Waals surface area contributed by atoms with E-state index in [1.54, 1.807) is 11.3 Å². The number of aromatic nitrogens is 1. The van der Waals surface area contributed by atoms with Crippen molar-refractivity contribution < 1.29 is 0 Å². The first-order valence-corrected chi connectivity index (χ1v) is 9.95. The van der Waals surface area contributed by atoms with E-state index < -0.39 is 0 Å². The summed E-state index contributed by atoms with van der Waals surface area (Å²) in [5.41, 5.74) is 2.81. The quantitative estimate of drug-likeness (QED) is 0.359. The number of hydrogen-bond acceptors (Lipinski definition) is 3. The Morgan fingerprint density at radius 2 is 1.92 bits per heavy atom. The lowest BCUT2D eigenvalue weighted by molar-refractivity contribution is 0.244. The van der Waals surface area contributed by atoms with Crippen LogP contribution in [-0.2, 0) is 12.0 Å². The predicted octanol–water partition coefficient (Wildman–Crippen LogP) is 4.55. The lowest BCUT2D eigenvalue weighted by atomic mass is 9.64. The van der Waals surface area contributed by atoms with Gasteiger partial charge >= 0.3 is 0 Å². The molecule has 2 N–H and O–H groups in total. The van der Waals surface area contributed by atoms with Gasteiger partial charge in [-0.05, 0) is 39.2 Å². The number of rotatable bonds is 6. The minimum atomic E-state index is 0. The van der Waals surface area contributed by atoms with Crippen molar-refractivity contribution >= 4 is 41.3 Å². The third kappa shape index (κ3) is 4.97. The predicted molar refractivity (Wildman–Crippen MR) is 122 cm³/mol. The molecule has 2 aromatic rings. The number of nitrogens with one attached hydrogen (secondary N) is 2. The maximum absolute atomic E-state index is 4.74. The van der Waals surface area contributed by atoms with Crippen molar-refractivity contribution in [2.75, 3.05) is 13.1 Å². The molecule has 0 atom stereocenters. The molecule has 4 nitrogen and oxygen atoms in total. The summed E-state index contributed by atoms with van der Waals surface area (Å²) >= 11 is 1.74. The van der Waals surface area contributed by atoms with Crippen LogP contribution in [0.1, 0.15) is 47.3 Å². The Morgan fingerprint density at radius 3 is 2.46 bits per heavy atom. The van der Waals surface area contributed by atoms with Crippen LogP contribution in [0.15, 0.2) is 35.3 Å². The van der Waals surface area contributed by atoms with Gasteiger partial charge in [0.15, 0.2) is 5.96 Å². The molecule has 3 rings (SSSR count). The van der Waals surface area contributed by atoms with Gasteiger partial charge in [0.1, 0.15) is 5.01 Å². The number of aryl methyl sites for hydroxylation is 2. The van der Waals surface area contributed by atoms with Crippen molar-refractivity contribution in [3.63, 3.8) is 0 Å². The summed E-state index contributed by atoms with van der Waals surface area (Å²) in [4.78, 5) is 10.6. The molecular formula is C20H29IN4S. The normalized spacial score (nSPS) is 15.7. The van der Waals surface area contributed by atoms with Crippen LogP contribution in [0.2, 0.25) is 0 Å². The second-order valence-corrected chi connectivity index (χ2v) is 8.09. The second kappa shape index (κ2) is 9.69. The van der Waals surface area contributed by atoms with Gasteiger partial charge in [0.2, 0.25) is 0 Å². The van der Waals surface area contributed by atoms with E-state index in [1.165, 1.54) is 29.7 Å². The molecule has 1 aliphatic rings. The van der Waals surface area contributed by atoms with Gasteiger partial charge in [0, 0.05) is 23.4 Å². The zero-order valence-electron chi connectivity index (χ0n) is 15.8. The monoisotopic (exact) mass is 484 g/mol. The van der Waals surface area contributed by atoms with Gasteiger partial charge in [-0.1, -0.05) is 36.8 Å². The molecule has 1 aliphatic carbocycles. The molecule has 1 fully saturated rings. The van der Waals surface area contributed by atoms with Crippen molar-refractivity contribution in [2.24, 2.45) is 4.99 Å². The highest BCUT2D eigenvalue weighted by Gasteiger charge is 2.38. The van der Waals surface area contributed by atoms with Gasteiger partial charge in [0.25, 0.3) is 0 Å². The molecule has 6 heteroatoms. The fourth-order valence-electron chi connectivity index (χ4n) is 3.31. The summed E-state index contributed by atoms with van der Waals surface area (Å²) in [6.07, 6.45) is 3.80. The first-order chi connectivity index (χ1) is 12.1. The molecule has 142 valence electrons. The molecule has 1 aromatic carbocycles. The van der Waals surface area contributed by atoms with E-state index in [0.29, 0.717) is 6.54 Å². The topological polar surface area (TPSA) is 49.3 Å². The zero-order chi connectivity index (χ0) is 17.7. The standard InChI is InChI=1S/C20H28N4S.HI/c1-4-21-19(22-13-18-24-15(2)16(3)25-18)23-14-20(11-8-12-20)17-9-6-5-7-10-17;/h5-7,9-10H,4,8,11-14H2,1-3H3,(H2,21,22,23);1H. The fourth-order valence-corrected chi connectivity index (χ4v) is 4.17. The molecule has 0 unspecified atom stereocenters. The van der Waals surface area contributed by atoms with Gasteiger partial charge in [-0.15, -0.1) is 35.3 Å². The molecule has 0 saturated heterocycles. The maximum atomic E-state index is 4.74. The largest absolute Gasteiger partial charge is 0.357 e. The Balaban J connectivity index is 0.00000243. The highest BCUT2D eigenvalue weighted by atomic mass is 127. The van der Waals surface area contributed by atoms with Crippen LogP contribution in [0.5, 0.6) is 0 Å². The number of guanidine groups is 1. The Morgan fingerprint density at radius 1 is 1.19 bits per heavy atom. The first kappa shape index (κ1) is 21.2. The number of benzene rings is 1. The molecule has 0 amide bonds. The van der Waals surface area contributed by atoms with Gasteiger partial charge in [-0.2, -0.15) is 0 Å². The number of halogens is 1. The zero-order valence-corrected chi connectivity index (χ0v) is 19.0. The van der Waals surface area contributed by atoms with Crippen LogP contribution in [0.3, 0.4) is 0 Å². The number of nitrogens with zero attached hydrogens (tertiary/aromatic N) is 2. The smallest absolute Gasteiger partial charge is 0.191 e. The third-order valence-corrected chi connectivity index (χ3v) is 6.14. The average Bonchev–Trinajstić information content (AvgIpc) is 2.90. The SMILES string of the molecule is CCNC(=NCc1nc(C)c(C)s1)NCC1(c2ccccc2)CCC1.I. The fraction of sp³-hybridized carbons (Fsp3) is 0.500. The molecule has 1 heterocycles. The average molecular weight is 484 g/mol. The van der Waals surface area contributed by atoms with Crippen LogP contribution in [0.4, 0.5) is 0 Å². The van der Waals surface area contributed by atoms with E-state index in [1.807, 2.05) is 0 Å². The van der Waals surface area contributed by atoms with Crippen LogP contribution >= 0.6 is 35.3 Å². The van der Waals surface area contributed by atoms with Gasteiger partial charge in [-0.3, -0.25) is 0 Å². The minimum Gasteiger partial charge on any atom is -0.357 e. The van der Waals surface area contributed by atoms with Crippen molar-refractivity contribution in [1.82, 2.24) is 15.6 Å². The summed E-state index contributed by atoms with van der Waals surface area (Å²) < 4.78 is 0. The van der Waals surface area contributed by atoms with Gasteiger partial charge < -0.3 is 10.6 Å². The van der Waals surface area contributed by atoms with E-state index in [-0.39, 0.29) is 29.4 Å². The van der Waals surface area contributed by atoms with Gasteiger partial charge in [-0.25, -0.2) is 9.98 Å². The Labute approximate surface area is 177 Å². The number of thiazole rings is 1. The number of aliphatic imine (C=N–C) groups is 1. The lowest BCUT2D eigenvalue weighted by Gasteiger charge is -2.43. The Kier molecular flexibility index (Phi) is 7.88. The van der Waals surface area contributed by atoms with Crippen LogP contribution < -0.4 is 10.6 Å². The van der Waals surface area contributed by atoms with Crippen LogP contribution in [0, 0.1) is 13.8 Å². The highest BCUT2D eigenvalue weighted by Crippen LogP contribution is 2.43. The molecule has 26 heavy (non-hydrogen) atoms. The highest BCUT2D eigenvalue weighted by molar-refractivity contribution is 14.0. The minimum absolute atomic E-state index is 0. The first-order valence-electron chi connectivity index (χ1n) is 9.13. The summed E-state index contributed by atoms with van der Waals surface area (Å²) in [6, 6.07) is 10.9. The van der Waals surface area contributed by atoms with Crippen molar-refractivity contribution in [1.29, 1.82) is 0 Å². The maximum Gasteiger partial charge on any atom is 0.191 e. The molecule has 0 radical (unpaired) electrons. The molecule has 1 aromatic heterocycles. The van der Waals surface area contributed by atoms with Crippen LogP contribution in [-0.4, -0.2) is 24.0 Å². The molecule has 0 bridgehead atoms. The Bertz CT molecular complexity index is 703. The molecule has 1 saturated carbocycles.